The molecule has 1 saturated heterocycles. The van der Waals surface area contributed by atoms with Crippen LogP contribution >= 0.6 is 0 Å². The molecule has 0 radical (unpaired) electrons. The first-order valence-electron chi connectivity index (χ1n) is 9.57. The van der Waals surface area contributed by atoms with Gasteiger partial charge in [-0.05, 0) is 61.7 Å². The summed E-state index contributed by atoms with van der Waals surface area (Å²) in [5.41, 5.74) is 4.96. The molecular formula is C22H29N3O2. The summed E-state index contributed by atoms with van der Waals surface area (Å²) in [6, 6.07) is 14.6. The summed E-state index contributed by atoms with van der Waals surface area (Å²) in [5.74, 6) is 0.846. The molecule has 2 amide bonds. The minimum atomic E-state index is -0.0115. The molecule has 0 atom stereocenters. The highest BCUT2D eigenvalue weighted by Crippen LogP contribution is 2.18. The number of benzene rings is 2. The van der Waals surface area contributed by atoms with Gasteiger partial charge in [0.15, 0.2) is 0 Å². The number of anilines is 1. The predicted octanol–water partition coefficient (Wildman–Crippen LogP) is 3.52. The third kappa shape index (κ3) is 5.16. The van der Waals surface area contributed by atoms with Crippen molar-refractivity contribution in [3.05, 3.63) is 59.2 Å². The molecule has 1 fully saturated rings. The number of rotatable bonds is 5. The van der Waals surface area contributed by atoms with Gasteiger partial charge in [-0.2, -0.15) is 0 Å². The van der Waals surface area contributed by atoms with Crippen LogP contribution in [0.15, 0.2) is 42.5 Å². The lowest BCUT2D eigenvalue weighted by atomic mass is 10.1. The molecule has 0 aromatic heterocycles. The molecule has 1 aliphatic rings. The van der Waals surface area contributed by atoms with Gasteiger partial charge in [-0.15, -0.1) is 0 Å². The minimum Gasteiger partial charge on any atom is -0.492 e. The van der Waals surface area contributed by atoms with Crippen molar-refractivity contribution in [1.82, 2.24) is 10.2 Å². The van der Waals surface area contributed by atoms with E-state index in [2.05, 4.69) is 61.3 Å². The number of nitrogens with one attached hydrogen (secondary N) is 1. The van der Waals surface area contributed by atoms with E-state index in [4.69, 9.17) is 4.74 Å². The Balaban J connectivity index is 1.38. The molecule has 0 unspecified atom stereocenters. The van der Waals surface area contributed by atoms with Crippen LogP contribution in [0.3, 0.4) is 0 Å². The fourth-order valence-corrected chi connectivity index (χ4v) is 3.23. The van der Waals surface area contributed by atoms with Gasteiger partial charge in [-0.3, -0.25) is 0 Å². The molecule has 5 heteroatoms. The molecule has 0 aliphatic carbocycles. The monoisotopic (exact) mass is 367 g/mol. The van der Waals surface area contributed by atoms with Gasteiger partial charge in [-0.1, -0.05) is 18.2 Å². The second-order valence-electron chi connectivity index (χ2n) is 7.14. The van der Waals surface area contributed by atoms with Crippen molar-refractivity contribution < 1.29 is 9.53 Å². The van der Waals surface area contributed by atoms with Crippen molar-refractivity contribution in [2.45, 2.75) is 20.8 Å². The minimum absolute atomic E-state index is 0.0115. The van der Waals surface area contributed by atoms with Crippen LogP contribution in [0.5, 0.6) is 5.75 Å². The Morgan fingerprint density at radius 1 is 1.00 bits per heavy atom. The third-order valence-corrected chi connectivity index (χ3v) is 5.06. The maximum atomic E-state index is 12.3. The Labute approximate surface area is 161 Å². The molecule has 5 nitrogen and oxygen atoms in total. The van der Waals surface area contributed by atoms with Gasteiger partial charge >= 0.3 is 6.03 Å². The van der Waals surface area contributed by atoms with E-state index in [-0.39, 0.29) is 6.03 Å². The van der Waals surface area contributed by atoms with Crippen LogP contribution in [0, 0.1) is 20.8 Å². The molecule has 0 saturated carbocycles. The molecule has 0 bridgehead atoms. The quantitative estimate of drug-likeness (QED) is 0.823. The summed E-state index contributed by atoms with van der Waals surface area (Å²) in [4.78, 5) is 16.6. The van der Waals surface area contributed by atoms with Crippen LogP contribution in [0.4, 0.5) is 10.5 Å². The SMILES string of the molecule is Cc1cccc(N2CCN(C(=O)NCCOc3ccc(C)c(C)c3)CC2)c1. The summed E-state index contributed by atoms with van der Waals surface area (Å²) >= 11 is 0. The summed E-state index contributed by atoms with van der Waals surface area (Å²) < 4.78 is 5.72. The van der Waals surface area contributed by atoms with Gasteiger partial charge in [0.1, 0.15) is 12.4 Å². The molecule has 2 aromatic rings. The van der Waals surface area contributed by atoms with Crippen LogP contribution in [-0.4, -0.2) is 50.3 Å². The summed E-state index contributed by atoms with van der Waals surface area (Å²) in [5, 5.41) is 2.96. The average Bonchev–Trinajstić information content (AvgIpc) is 2.68. The Kier molecular flexibility index (Phi) is 6.22. The topological polar surface area (TPSA) is 44.8 Å². The Morgan fingerprint density at radius 2 is 1.78 bits per heavy atom. The summed E-state index contributed by atoms with van der Waals surface area (Å²) in [6.07, 6.45) is 0. The number of carbonyl (C=O) groups excluding carboxylic acids is 1. The molecule has 144 valence electrons. The van der Waals surface area contributed by atoms with E-state index in [0.29, 0.717) is 13.2 Å². The molecule has 2 aromatic carbocycles. The molecule has 1 aliphatic heterocycles. The lowest BCUT2D eigenvalue weighted by molar-refractivity contribution is 0.191. The van der Waals surface area contributed by atoms with Gasteiger partial charge in [0.2, 0.25) is 0 Å². The molecule has 1 N–H and O–H groups in total. The molecule has 1 heterocycles. The fourth-order valence-electron chi connectivity index (χ4n) is 3.23. The van der Waals surface area contributed by atoms with Crippen molar-refractivity contribution >= 4 is 11.7 Å². The number of ether oxygens (including phenoxy) is 1. The third-order valence-electron chi connectivity index (χ3n) is 5.06. The average molecular weight is 367 g/mol. The summed E-state index contributed by atoms with van der Waals surface area (Å²) in [6.45, 7) is 10.4. The van der Waals surface area contributed by atoms with E-state index in [0.717, 1.165) is 31.9 Å². The molecule has 27 heavy (non-hydrogen) atoms. The zero-order valence-electron chi connectivity index (χ0n) is 16.5. The number of aryl methyl sites for hydroxylation is 3. The van der Waals surface area contributed by atoms with E-state index in [1.165, 1.54) is 22.4 Å². The zero-order valence-corrected chi connectivity index (χ0v) is 16.5. The fraction of sp³-hybridized carbons (Fsp3) is 0.409. The molecular weight excluding hydrogens is 338 g/mol. The maximum Gasteiger partial charge on any atom is 0.317 e. The molecule has 3 rings (SSSR count). The zero-order chi connectivity index (χ0) is 19.2. The van der Waals surface area contributed by atoms with Crippen molar-refractivity contribution in [3.8, 4) is 5.75 Å². The predicted molar refractivity (Wildman–Crippen MR) is 110 cm³/mol. The molecule has 0 spiro atoms. The second kappa shape index (κ2) is 8.80. The Hall–Kier alpha value is -2.69. The number of hydrogen-bond acceptors (Lipinski definition) is 3. The van der Waals surface area contributed by atoms with Crippen LogP contribution in [-0.2, 0) is 0 Å². The van der Waals surface area contributed by atoms with Crippen LogP contribution in [0.25, 0.3) is 0 Å². The van der Waals surface area contributed by atoms with Gasteiger partial charge in [-0.25, -0.2) is 4.79 Å². The summed E-state index contributed by atoms with van der Waals surface area (Å²) in [7, 11) is 0. The number of carbonyl (C=O) groups is 1. The smallest absolute Gasteiger partial charge is 0.317 e. The van der Waals surface area contributed by atoms with Crippen molar-refractivity contribution in [2.24, 2.45) is 0 Å². The van der Waals surface area contributed by atoms with Crippen LogP contribution in [0.1, 0.15) is 16.7 Å². The maximum absolute atomic E-state index is 12.3. The first-order chi connectivity index (χ1) is 13.0. The van der Waals surface area contributed by atoms with E-state index >= 15 is 0 Å². The van der Waals surface area contributed by atoms with Gasteiger partial charge in [0.05, 0.1) is 6.54 Å². The van der Waals surface area contributed by atoms with E-state index in [1.807, 2.05) is 17.0 Å². The number of nitrogens with zero attached hydrogens (tertiary/aromatic N) is 2. The van der Waals surface area contributed by atoms with E-state index < -0.39 is 0 Å². The van der Waals surface area contributed by atoms with E-state index in [9.17, 15) is 4.79 Å². The number of piperazine rings is 1. The van der Waals surface area contributed by atoms with Crippen LogP contribution < -0.4 is 15.0 Å². The van der Waals surface area contributed by atoms with Crippen molar-refractivity contribution in [1.29, 1.82) is 0 Å². The number of hydrogen-bond donors (Lipinski definition) is 1. The van der Waals surface area contributed by atoms with Gasteiger partial charge in [0.25, 0.3) is 0 Å². The number of urea groups is 1. The van der Waals surface area contributed by atoms with Crippen molar-refractivity contribution in [2.75, 3.05) is 44.2 Å². The Bertz CT molecular complexity index is 783. The van der Waals surface area contributed by atoms with Crippen LogP contribution in [0.2, 0.25) is 0 Å². The first-order valence-corrected chi connectivity index (χ1v) is 9.57. The van der Waals surface area contributed by atoms with E-state index in [1.54, 1.807) is 0 Å². The lowest BCUT2D eigenvalue weighted by Gasteiger charge is -2.36. The van der Waals surface area contributed by atoms with Crippen molar-refractivity contribution in [3.63, 3.8) is 0 Å². The Morgan fingerprint density at radius 3 is 2.48 bits per heavy atom. The van der Waals surface area contributed by atoms with Gasteiger partial charge in [0, 0.05) is 31.9 Å². The highest BCUT2D eigenvalue weighted by molar-refractivity contribution is 5.74. The first kappa shape index (κ1) is 19.1. The number of amides is 2. The second-order valence-corrected chi connectivity index (χ2v) is 7.14. The van der Waals surface area contributed by atoms with Gasteiger partial charge < -0.3 is 19.9 Å². The highest BCUT2D eigenvalue weighted by Gasteiger charge is 2.21. The highest BCUT2D eigenvalue weighted by atomic mass is 16.5. The largest absolute Gasteiger partial charge is 0.492 e. The normalized spacial score (nSPS) is 14.2. The standard InChI is InChI=1S/C22H29N3O2/c1-17-5-4-6-20(15-17)24-10-12-25(13-11-24)22(26)23-9-14-27-21-8-7-18(2)19(3)16-21/h4-8,15-16H,9-14H2,1-3H3,(H,23,26). The lowest BCUT2D eigenvalue weighted by Crippen LogP contribution is -2.52.